The number of ether oxygens (including phenoxy) is 1. The predicted octanol–water partition coefficient (Wildman–Crippen LogP) is 4.12. The van der Waals surface area contributed by atoms with Gasteiger partial charge < -0.3 is 4.74 Å². The molecule has 104 valence electrons. The molecule has 1 aliphatic heterocycles. The average molecular weight is 280 g/mol. The molecule has 0 atom stereocenters. The van der Waals surface area contributed by atoms with Crippen LogP contribution in [0.1, 0.15) is 16.7 Å². The predicted molar refractivity (Wildman–Crippen MR) is 79.6 cm³/mol. The molecule has 0 aromatic heterocycles. The molecule has 0 saturated carbocycles. The van der Waals surface area contributed by atoms with Gasteiger partial charge in [-0.15, -0.1) is 0 Å². The summed E-state index contributed by atoms with van der Waals surface area (Å²) < 4.78 is 18.1. The fourth-order valence-corrected chi connectivity index (χ4v) is 2.12. The fraction of sp³-hybridized carbons (Fsp3) is 0.0556. The number of halogens is 1. The van der Waals surface area contributed by atoms with Crippen molar-refractivity contribution in [1.29, 1.82) is 0 Å². The zero-order valence-corrected chi connectivity index (χ0v) is 11.5. The Kier molecular flexibility index (Phi) is 3.40. The van der Waals surface area contributed by atoms with E-state index in [1.54, 1.807) is 24.3 Å². The van der Waals surface area contributed by atoms with E-state index in [-0.39, 0.29) is 11.8 Å². The summed E-state index contributed by atoms with van der Waals surface area (Å²) in [6.07, 6.45) is 3.41. The highest BCUT2D eigenvalue weighted by Crippen LogP contribution is 2.27. The molecular weight excluding hydrogens is 267 g/mol. The van der Waals surface area contributed by atoms with Crippen molar-refractivity contribution in [2.45, 2.75) is 6.92 Å². The lowest BCUT2D eigenvalue weighted by atomic mass is 10.0. The van der Waals surface area contributed by atoms with E-state index in [1.165, 1.54) is 12.1 Å². The summed E-state index contributed by atoms with van der Waals surface area (Å²) in [6, 6.07) is 13.7. The van der Waals surface area contributed by atoms with Gasteiger partial charge in [-0.3, -0.25) is 0 Å². The number of esters is 1. The van der Waals surface area contributed by atoms with Crippen LogP contribution in [0, 0.1) is 12.7 Å². The maximum absolute atomic E-state index is 12.9. The number of allylic oxidation sites excluding steroid dienone is 1. The van der Waals surface area contributed by atoms with Gasteiger partial charge >= 0.3 is 5.97 Å². The summed E-state index contributed by atoms with van der Waals surface area (Å²) in [5.74, 6) is -0.203. The van der Waals surface area contributed by atoms with E-state index in [1.807, 2.05) is 31.2 Å². The van der Waals surface area contributed by atoms with E-state index in [0.717, 1.165) is 16.7 Å². The van der Waals surface area contributed by atoms with Crippen molar-refractivity contribution in [3.63, 3.8) is 0 Å². The van der Waals surface area contributed by atoms with E-state index >= 15 is 0 Å². The molecule has 2 aromatic rings. The Bertz CT molecular complexity index is 738. The van der Waals surface area contributed by atoms with Gasteiger partial charge in [0.1, 0.15) is 11.6 Å². The minimum Gasteiger partial charge on any atom is -0.423 e. The topological polar surface area (TPSA) is 26.3 Å². The van der Waals surface area contributed by atoms with Gasteiger partial charge in [0, 0.05) is 0 Å². The molecule has 1 aliphatic rings. The van der Waals surface area contributed by atoms with Crippen LogP contribution < -0.4 is 0 Å². The third-order valence-electron chi connectivity index (χ3n) is 3.26. The van der Waals surface area contributed by atoms with E-state index < -0.39 is 0 Å². The van der Waals surface area contributed by atoms with Crippen molar-refractivity contribution < 1.29 is 13.9 Å². The number of aryl methyl sites for hydroxylation is 1. The zero-order valence-electron chi connectivity index (χ0n) is 11.5. The van der Waals surface area contributed by atoms with Gasteiger partial charge in [0.25, 0.3) is 0 Å². The molecule has 0 N–H and O–H groups in total. The number of rotatable bonds is 2. The largest absolute Gasteiger partial charge is 0.423 e. The maximum Gasteiger partial charge on any atom is 0.344 e. The van der Waals surface area contributed by atoms with Gasteiger partial charge in [0.2, 0.25) is 0 Å². The molecule has 3 rings (SSSR count). The summed E-state index contributed by atoms with van der Waals surface area (Å²) in [5, 5.41) is 0. The number of benzene rings is 2. The molecule has 3 heteroatoms. The van der Waals surface area contributed by atoms with Crippen molar-refractivity contribution in [1.82, 2.24) is 0 Å². The lowest BCUT2D eigenvalue weighted by Gasteiger charge is -1.99. The highest BCUT2D eigenvalue weighted by molar-refractivity contribution is 6.19. The summed E-state index contributed by atoms with van der Waals surface area (Å²) in [6.45, 7) is 1.99. The third kappa shape index (κ3) is 2.92. The maximum atomic E-state index is 12.9. The number of hydrogen-bond donors (Lipinski definition) is 0. The monoisotopic (exact) mass is 280 g/mol. The molecule has 21 heavy (non-hydrogen) atoms. The smallest absolute Gasteiger partial charge is 0.344 e. The Labute approximate surface area is 122 Å². The van der Waals surface area contributed by atoms with E-state index in [0.29, 0.717) is 11.3 Å². The van der Waals surface area contributed by atoms with E-state index in [9.17, 15) is 9.18 Å². The van der Waals surface area contributed by atoms with Crippen molar-refractivity contribution in [3.05, 3.63) is 82.9 Å². The van der Waals surface area contributed by atoms with Crippen molar-refractivity contribution in [2.24, 2.45) is 0 Å². The minimum absolute atomic E-state index is 0.295. The summed E-state index contributed by atoms with van der Waals surface area (Å²) in [7, 11) is 0. The second-order valence-electron chi connectivity index (χ2n) is 4.91. The molecule has 0 aliphatic carbocycles. The van der Waals surface area contributed by atoms with Crippen LogP contribution in [0.5, 0.6) is 0 Å². The van der Waals surface area contributed by atoms with Gasteiger partial charge in [-0.25, -0.2) is 9.18 Å². The standard InChI is InChI=1S/C18H13FO2/c1-12-2-6-14(7-3-12)17-11-16(21-18(17)20)10-13-4-8-15(19)9-5-13/h2-11H,1H3/b16-10-. The van der Waals surface area contributed by atoms with Crippen LogP contribution in [0.15, 0.2) is 60.4 Å². The van der Waals surface area contributed by atoms with E-state index in [4.69, 9.17) is 4.74 Å². The number of hydrogen-bond acceptors (Lipinski definition) is 2. The first-order valence-corrected chi connectivity index (χ1v) is 6.60. The Morgan fingerprint density at radius 3 is 2.33 bits per heavy atom. The van der Waals surface area contributed by atoms with Crippen LogP contribution in [-0.4, -0.2) is 5.97 Å². The van der Waals surface area contributed by atoms with E-state index in [2.05, 4.69) is 0 Å². The summed E-state index contributed by atoms with van der Waals surface area (Å²) in [4.78, 5) is 11.9. The second-order valence-corrected chi connectivity index (χ2v) is 4.91. The van der Waals surface area contributed by atoms with Crippen LogP contribution in [0.2, 0.25) is 0 Å². The average Bonchev–Trinajstić information content (AvgIpc) is 2.83. The summed E-state index contributed by atoms with van der Waals surface area (Å²) in [5.41, 5.74) is 3.27. The van der Waals surface area contributed by atoms with Gasteiger partial charge in [0.05, 0.1) is 5.57 Å². The van der Waals surface area contributed by atoms with Crippen molar-refractivity contribution in [3.8, 4) is 0 Å². The molecule has 0 amide bonds. The first-order valence-electron chi connectivity index (χ1n) is 6.60. The van der Waals surface area contributed by atoms with Gasteiger partial charge in [-0.05, 0) is 42.3 Å². The van der Waals surface area contributed by atoms with Crippen LogP contribution in [0.25, 0.3) is 11.6 Å². The molecule has 0 fully saturated rings. The van der Waals surface area contributed by atoms with Crippen LogP contribution in [0.4, 0.5) is 4.39 Å². The molecule has 2 nitrogen and oxygen atoms in total. The highest BCUT2D eigenvalue weighted by Gasteiger charge is 2.22. The first kappa shape index (κ1) is 13.3. The SMILES string of the molecule is Cc1ccc(C2=C/C(=C/c3ccc(F)cc3)OC2=O)cc1. The quantitative estimate of drug-likeness (QED) is 0.774. The molecule has 1 heterocycles. The lowest BCUT2D eigenvalue weighted by molar-refractivity contribution is -0.131. The Morgan fingerprint density at radius 2 is 1.67 bits per heavy atom. The molecule has 2 aromatic carbocycles. The second kappa shape index (κ2) is 5.37. The molecule has 0 saturated heterocycles. The number of carbonyl (C=O) groups is 1. The normalized spacial score (nSPS) is 16.0. The molecule has 0 spiro atoms. The Morgan fingerprint density at radius 1 is 1.00 bits per heavy atom. The molecule has 0 bridgehead atoms. The van der Waals surface area contributed by atoms with Gasteiger partial charge in [-0.2, -0.15) is 0 Å². The minimum atomic E-state index is -0.368. The highest BCUT2D eigenvalue weighted by atomic mass is 19.1. The zero-order chi connectivity index (χ0) is 14.8. The summed E-state index contributed by atoms with van der Waals surface area (Å²) >= 11 is 0. The van der Waals surface area contributed by atoms with Gasteiger partial charge in [0.15, 0.2) is 0 Å². The van der Waals surface area contributed by atoms with Crippen LogP contribution >= 0.6 is 0 Å². The van der Waals surface area contributed by atoms with Crippen LogP contribution in [-0.2, 0) is 9.53 Å². The fourth-order valence-electron chi connectivity index (χ4n) is 2.12. The Balaban J connectivity index is 1.91. The lowest BCUT2D eigenvalue weighted by Crippen LogP contribution is -1.98. The van der Waals surface area contributed by atoms with Crippen molar-refractivity contribution in [2.75, 3.05) is 0 Å². The number of carbonyl (C=O) groups excluding carboxylic acids is 1. The molecular formula is C18H13FO2. The van der Waals surface area contributed by atoms with Gasteiger partial charge in [-0.1, -0.05) is 42.0 Å². The third-order valence-corrected chi connectivity index (χ3v) is 3.26. The number of cyclic esters (lactones) is 1. The van der Waals surface area contributed by atoms with Crippen LogP contribution in [0.3, 0.4) is 0 Å². The van der Waals surface area contributed by atoms with Crippen molar-refractivity contribution >= 4 is 17.6 Å². The molecule has 0 unspecified atom stereocenters. The Hall–Kier alpha value is -2.68. The molecule has 0 radical (unpaired) electrons. The first-order chi connectivity index (χ1) is 10.1.